The quantitative estimate of drug-likeness (QED) is 0.740. The molecular formula is C16H18N6O3. The molecule has 9 nitrogen and oxygen atoms in total. The molecule has 0 spiro atoms. The number of carbonyl (C=O) groups excluding carboxylic acids is 1. The van der Waals surface area contributed by atoms with Gasteiger partial charge in [0.15, 0.2) is 17.3 Å². The molecule has 1 aliphatic rings. The molecule has 3 aromatic rings. The molecule has 0 aliphatic carbocycles. The Morgan fingerprint density at radius 2 is 2.36 bits per heavy atom. The lowest BCUT2D eigenvalue weighted by molar-refractivity contribution is -0.130. The smallest absolute Gasteiger partial charge is 0.261 e. The van der Waals surface area contributed by atoms with E-state index in [-0.39, 0.29) is 18.6 Å². The van der Waals surface area contributed by atoms with E-state index >= 15 is 0 Å². The summed E-state index contributed by atoms with van der Waals surface area (Å²) in [5.74, 6) is 1.55. The summed E-state index contributed by atoms with van der Waals surface area (Å²) in [7, 11) is 0. The second kappa shape index (κ2) is 6.60. The summed E-state index contributed by atoms with van der Waals surface area (Å²) in [5.41, 5.74) is 1.31. The third kappa shape index (κ3) is 2.98. The van der Waals surface area contributed by atoms with E-state index < -0.39 is 0 Å². The van der Waals surface area contributed by atoms with Crippen molar-refractivity contribution in [1.82, 2.24) is 30.1 Å². The zero-order valence-corrected chi connectivity index (χ0v) is 13.8. The predicted molar refractivity (Wildman–Crippen MR) is 86.5 cm³/mol. The summed E-state index contributed by atoms with van der Waals surface area (Å²) in [4.78, 5) is 16.4. The van der Waals surface area contributed by atoms with Crippen LogP contribution in [-0.4, -0.2) is 43.4 Å². The Bertz CT molecular complexity index is 896. The number of hydrogen-bond donors (Lipinski definition) is 1. The minimum absolute atomic E-state index is 0.116. The van der Waals surface area contributed by atoms with Crippen molar-refractivity contribution in [3.63, 3.8) is 0 Å². The highest BCUT2D eigenvalue weighted by atomic mass is 16.5. The van der Waals surface area contributed by atoms with Crippen LogP contribution < -0.4 is 5.32 Å². The third-order valence-electron chi connectivity index (χ3n) is 4.16. The highest BCUT2D eigenvalue weighted by Gasteiger charge is 2.24. The molecule has 25 heavy (non-hydrogen) atoms. The van der Waals surface area contributed by atoms with Crippen molar-refractivity contribution in [3.05, 3.63) is 30.0 Å². The number of carbonyl (C=O) groups is 1. The fourth-order valence-electron chi connectivity index (χ4n) is 2.82. The lowest BCUT2D eigenvalue weighted by Crippen LogP contribution is -2.34. The first-order valence-electron chi connectivity index (χ1n) is 8.31. The summed E-state index contributed by atoms with van der Waals surface area (Å²) >= 11 is 0. The molecule has 1 atom stereocenters. The second-order valence-electron chi connectivity index (χ2n) is 5.82. The highest BCUT2D eigenvalue weighted by Crippen LogP contribution is 2.22. The maximum absolute atomic E-state index is 12.1. The molecule has 4 rings (SSSR count). The fourth-order valence-corrected chi connectivity index (χ4v) is 2.82. The molecule has 0 aromatic carbocycles. The number of fused-ring (bicyclic) bond motifs is 1. The number of nitrogens with zero attached hydrogens (tertiary/aromatic N) is 5. The zero-order valence-electron chi connectivity index (χ0n) is 13.8. The summed E-state index contributed by atoms with van der Waals surface area (Å²) < 4.78 is 12.5. The first-order valence-corrected chi connectivity index (χ1v) is 8.31. The Morgan fingerprint density at radius 3 is 3.12 bits per heavy atom. The van der Waals surface area contributed by atoms with Crippen LogP contribution in [0.15, 0.2) is 22.9 Å². The van der Waals surface area contributed by atoms with E-state index in [1.807, 2.05) is 25.3 Å². The van der Waals surface area contributed by atoms with Gasteiger partial charge in [0.25, 0.3) is 5.89 Å². The molecule has 0 radical (unpaired) electrons. The molecular weight excluding hydrogens is 324 g/mol. The molecule has 0 bridgehead atoms. The minimum atomic E-state index is -0.361. The number of ether oxygens (including phenoxy) is 1. The van der Waals surface area contributed by atoms with Crippen LogP contribution in [-0.2, 0) is 22.5 Å². The largest absolute Gasteiger partial charge is 0.368 e. The summed E-state index contributed by atoms with van der Waals surface area (Å²) in [6, 6.07) is 3.71. The molecule has 130 valence electrons. The van der Waals surface area contributed by atoms with Crippen molar-refractivity contribution in [2.75, 3.05) is 6.61 Å². The highest BCUT2D eigenvalue weighted by molar-refractivity contribution is 5.81. The topological polar surface area (TPSA) is 107 Å². The van der Waals surface area contributed by atoms with Gasteiger partial charge in [0.1, 0.15) is 6.10 Å². The SMILES string of the molecule is CCc1noc(-c2cccn3c(CNC(=O)C4CCCO4)nnc23)n1. The van der Waals surface area contributed by atoms with Crippen molar-refractivity contribution in [1.29, 1.82) is 0 Å². The van der Waals surface area contributed by atoms with Crippen molar-refractivity contribution in [3.8, 4) is 11.5 Å². The van der Waals surface area contributed by atoms with Crippen molar-refractivity contribution in [2.24, 2.45) is 0 Å². The van der Waals surface area contributed by atoms with E-state index in [1.54, 1.807) is 4.40 Å². The van der Waals surface area contributed by atoms with Crippen LogP contribution in [0.4, 0.5) is 0 Å². The Labute approximate surface area is 143 Å². The van der Waals surface area contributed by atoms with Crippen LogP contribution in [0.5, 0.6) is 0 Å². The van der Waals surface area contributed by atoms with Gasteiger partial charge in [-0.2, -0.15) is 4.98 Å². The second-order valence-corrected chi connectivity index (χ2v) is 5.82. The molecule has 4 heterocycles. The number of nitrogens with one attached hydrogen (secondary N) is 1. The van der Waals surface area contributed by atoms with E-state index in [2.05, 4.69) is 25.7 Å². The molecule has 0 saturated carbocycles. The maximum Gasteiger partial charge on any atom is 0.261 e. The van der Waals surface area contributed by atoms with E-state index in [9.17, 15) is 4.79 Å². The van der Waals surface area contributed by atoms with Gasteiger partial charge in [-0.1, -0.05) is 12.1 Å². The number of rotatable bonds is 5. The van der Waals surface area contributed by atoms with Gasteiger partial charge in [0.2, 0.25) is 5.91 Å². The van der Waals surface area contributed by atoms with E-state index in [4.69, 9.17) is 9.26 Å². The maximum atomic E-state index is 12.1. The van der Waals surface area contributed by atoms with Gasteiger partial charge in [-0.15, -0.1) is 10.2 Å². The van der Waals surface area contributed by atoms with Gasteiger partial charge in [-0.25, -0.2) is 0 Å². The van der Waals surface area contributed by atoms with Gasteiger partial charge in [0, 0.05) is 19.2 Å². The van der Waals surface area contributed by atoms with Gasteiger partial charge in [0.05, 0.1) is 12.1 Å². The summed E-state index contributed by atoms with van der Waals surface area (Å²) in [6.45, 7) is 2.87. The monoisotopic (exact) mass is 342 g/mol. The summed E-state index contributed by atoms with van der Waals surface area (Å²) in [6.07, 6.45) is 3.84. The Balaban J connectivity index is 1.57. The number of aromatic nitrogens is 5. The molecule has 1 aliphatic heterocycles. The Hall–Kier alpha value is -2.81. The average molecular weight is 342 g/mol. The first kappa shape index (κ1) is 15.7. The molecule has 1 unspecified atom stereocenters. The van der Waals surface area contributed by atoms with Crippen LogP contribution in [0.25, 0.3) is 17.1 Å². The number of hydrogen-bond acceptors (Lipinski definition) is 7. The van der Waals surface area contributed by atoms with Crippen LogP contribution in [0.2, 0.25) is 0 Å². The molecule has 9 heteroatoms. The normalized spacial score (nSPS) is 17.2. The standard InChI is InChI=1S/C16H18N6O3/c1-2-12-18-16(25-21-12)10-5-3-7-22-13(19-20-14(10)22)9-17-15(23)11-6-4-8-24-11/h3,5,7,11H,2,4,6,8-9H2,1H3,(H,17,23). The van der Waals surface area contributed by atoms with Crippen LogP contribution in [0.3, 0.4) is 0 Å². The Morgan fingerprint density at radius 1 is 1.44 bits per heavy atom. The number of pyridine rings is 1. The van der Waals surface area contributed by atoms with Gasteiger partial charge < -0.3 is 14.6 Å². The van der Waals surface area contributed by atoms with Gasteiger partial charge in [-0.3, -0.25) is 9.20 Å². The van der Waals surface area contributed by atoms with Crippen molar-refractivity contribution >= 4 is 11.6 Å². The first-order chi connectivity index (χ1) is 12.3. The van der Waals surface area contributed by atoms with Crippen LogP contribution in [0.1, 0.15) is 31.4 Å². The minimum Gasteiger partial charge on any atom is -0.368 e. The lowest BCUT2D eigenvalue weighted by Gasteiger charge is -2.09. The molecule has 1 saturated heterocycles. The van der Waals surface area contributed by atoms with Crippen LogP contribution in [0, 0.1) is 0 Å². The van der Waals surface area contributed by atoms with Crippen LogP contribution >= 0.6 is 0 Å². The van der Waals surface area contributed by atoms with Crippen molar-refractivity contribution < 1.29 is 14.1 Å². The molecule has 1 fully saturated rings. The van der Waals surface area contributed by atoms with E-state index in [0.717, 1.165) is 12.8 Å². The average Bonchev–Trinajstić information content (AvgIpc) is 3.39. The predicted octanol–water partition coefficient (Wildman–Crippen LogP) is 1.14. The molecule has 1 N–H and O–H groups in total. The third-order valence-corrected chi connectivity index (χ3v) is 4.16. The lowest BCUT2D eigenvalue weighted by atomic mass is 10.2. The molecule has 1 amide bonds. The van der Waals surface area contributed by atoms with E-state index in [1.165, 1.54) is 0 Å². The molecule has 3 aromatic heterocycles. The van der Waals surface area contributed by atoms with E-state index in [0.29, 0.717) is 41.8 Å². The summed E-state index contributed by atoms with van der Waals surface area (Å²) in [5, 5.41) is 15.1. The number of aryl methyl sites for hydroxylation is 1. The van der Waals surface area contributed by atoms with Gasteiger partial charge in [-0.05, 0) is 25.0 Å². The zero-order chi connectivity index (χ0) is 17.2. The van der Waals surface area contributed by atoms with Crippen molar-refractivity contribution in [2.45, 2.75) is 38.8 Å². The fraction of sp³-hybridized carbons (Fsp3) is 0.438. The van der Waals surface area contributed by atoms with Gasteiger partial charge >= 0.3 is 0 Å². The number of amides is 1. The Kier molecular flexibility index (Phi) is 4.14.